The summed E-state index contributed by atoms with van der Waals surface area (Å²) in [6.07, 6.45) is 3.45. The summed E-state index contributed by atoms with van der Waals surface area (Å²) < 4.78 is 28.8. The maximum absolute atomic E-state index is 13.5. The Labute approximate surface area is 115 Å². The normalized spacial score (nSPS) is 11.1. The summed E-state index contributed by atoms with van der Waals surface area (Å²) in [6.45, 7) is 0.343. The first-order chi connectivity index (χ1) is 9.49. The minimum absolute atomic E-state index is 0.0787. The summed E-state index contributed by atoms with van der Waals surface area (Å²) in [5, 5.41) is 0. The van der Waals surface area contributed by atoms with E-state index < -0.39 is 23.0 Å². The molecule has 0 unspecified atom stereocenters. The number of carbonyl (C=O) groups excluding carboxylic acids is 1. The second-order valence-electron chi connectivity index (χ2n) is 4.65. The van der Waals surface area contributed by atoms with Gasteiger partial charge in [-0.3, -0.25) is 9.69 Å². The highest BCUT2D eigenvalue weighted by Gasteiger charge is 2.18. The molecular formula is C14H15F2N3O. The quantitative estimate of drug-likeness (QED) is 0.786. The molecule has 0 aliphatic rings. The van der Waals surface area contributed by atoms with E-state index in [1.165, 1.54) is 6.07 Å². The predicted octanol–water partition coefficient (Wildman–Crippen LogP) is 2.01. The maximum atomic E-state index is 13.5. The lowest BCUT2D eigenvalue weighted by atomic mass is 10.1. The molecule has 106 valence electrons. The molecule has 1 aromatic carbocycles. The third-order valence-electron chi connectivity index (χ3n) is 2.99. The number of benzene rings is 1. The number of hydrogen-bond acceptors (Lipinski definition) is 3. The number of likely N-dealkylation sites (N-methyl/N-ethyl adjacent to an activating group) is 1. The fraction of sp³-hybridized carbons (Fsp3) is 0.286. The van der Waals surface area contributed by atoms with Crippen LogP contribution in [0.4, 0.5) is 8.78 Å². The van der Waals surface area contributed by atoms with Crippen LogP contribution < -0.4 is 0 Å². The van der Waals surface area contributed by atoms with Crippen molar-refractivity contribution in [2.75, 3.05) is 13.6 Å². The smallest absolute Gasteiger partial charge is 0.182 e. The largest absolute Gasteiger partial charge is 0.337 e. The van der Waals surface area contributed by atoms with Gasteiger partial charge in [-0.1, -0.05) is 6.07 Å². The van der Waals surface area contributed by atoms with E-state index in [4.69, 9.17) is 0 Å². The van der Waals surface area contributed by atoms with Crippen LogP contribution in [-0.4, -0.2) is 33.8 Å². The van der Waals surface area contributed by atoms with Crippen molar-refractivity contribution in [3.8, 4) is 0 Å². The average Bonchev–Trinajstić information content (AvgIpc) is 2.74. The van der Waals surface area contributed by atoms with E-state index >= 15 is 0 Å². The summed E-state index contributed by atoms with van der Waals surface area (Å²) in [7, 11) is 3.54. The molecule has 0 amide bonds. The van der Waals surface area contributed by atoms with Crippen molar-refractivity contribution in [1.29, 1.82) is 0 Å². The zero-order valence-corrected chi connectivity index (χ0v) is 11.3. The second kappa shape index (κ2) is 5.92. The van der Waals surface area contributed by atoms with Crippen LogP contribution >= 0.6 is 0 Å². The van der Waals surface area contributed by atoms with Crippen molar-refractivity contribution in [1.82, 2.24) is 14.5 Å². The van der Waals surface area contributed by atoms with E-state index in [9.17, 15) is 13.6 Å². The van der Waals surface area contributed by atoms with Gasteiger partial charge in [0.2, 0.25) is 0 Å². The molecule has 0 fully saturated rings. The minimum atomic E-state index is -0.833. The fourth-order valence-electron chi connectivity index (χ4n) is 1.93. The third-order valence-corrected chi connectivity index (χ3v) is 2.99. The lowest BCUT2D eigenvalue weighted by Gasteiger charge is -2.15. The van der Waals surface area contributed by atoms with Crippen molar-refractivity contribution in [3.63, 3.8) is 0 Å². The molecule has 2 aromatic rings. The predicted molar refractivity (Wildman–Crippen MR) is 70.2 cm³/mol. The van der Waals surface area contributed by atoms with Gasteiger partial charge in [0.05, 0.1) is 18.7 Å². The molecule has 0 bridgehead atoms. The Morgan fingerprint density at radius 2 is 2.00 bits per heavy atom. The third kappa shape index (κ3) is 3.08. The molecule has 0 aliphatic heterocycles. The van der Waals surface area contributed by atoms with Crippen molar-refractivity contribution >= 4 is 5.78 Å². The van der Waals surface area contributed by atoms with Crippen molar-refractivity contribution < 1.29 is 13.6 Å². The van der Waals surface area contributed by atoms with Crippen molar-refractivity contribution in [2.24, 2.45) is 7.05 Å². The highest BCUT2D eigenvalue weighted by atomic mass is 19.1. The van der Waals surface area contributed by atoms with Crippen LogP contribution in [0.25, 0.3) is 0 Å². The van der Waals surface area contributed by atoms with Gasteiger partial charge < -0.3 is 4.57 Å². The molecule has 0 saturated carbocycles. The van der Waals surface area contributed by atoms with Crippen LogP contribution in [0.3, 0.4) is 0 Å². The first-order valence-electron chi connectivity index (χ1n) is 6.11. The number of carbonyl (C=O) groups is 1. The van der Waals surface area contributed by atoms with E-state index in [2.05, 4.69) is 4.98 Å². The number of halogens is 2. The van der Waals surface area contributed by atoms with E-state index in [0.717, 1.165) is 18.0 Å². The zero-order valence-electron chi connectivity index (χ0n) is 11.3. The lowest BCUT2D eigenvalue weighted by molar-refractivity contribution is 0.0933. The molecule has 0 radical (unpaired) electrons. The summed E-state index contributed by atoms with van der Waals surface area (Å²) >= 11 is 0. The summed E-state index contributed by atoms with van der Waals surface area (Å²) in [5.41, 5.74) is -0.487. The number of nitrogens with zero attached hydrogens (tertiary/aromatic N) is 3. The number of aromatic nitrogens is 2. The lowest BCUT2D eigenvalue weighted by Crippen LogP contribution is -2.27. The van der Waals surface area contributed by atoms with Gasteiger partial charge in [-0.2, -0.15) is 0 Å². The Kier molecular flexibility index (Phi) is 4.24. The molecule has 20 heavy (non-hydrogen) atoms. The number of aryl methyl sites for hydroxylation is 1. The summed E-state index contributed by atoms with van der Waals surface area (Å²) in [4.78, 5) is 17.8. The van der Waals surface area contributed by atoms with Crippen molar-refractivity contribution in [2.45, 2.75) is 6.54 Å². The molecule has 0 spiro atoms. The summed E-state index contributed by atoms with van der Waals surface area (Å²) in [5.74, 6) is -1.48. The SMILES string of the molecule is CN(CC(=O)c1c(F)cccc1F)Cc1nccn1C. The Morgan fingerprint density at radius 3 is 2.55 bits per heavy atom. The Balaban J connectivity index is 2.06. The number of ketones is 1. The molecule has 0 saturated heterocycles. The molecular weight excluding hydrogens is 264 g/mol. The van der Waals surface area contributed by atoms with E-state index in [-0.39, 0.29) is 6.54 Å². The number of rotatable bonds is 5. The fourth-order valence-corrected chi connectivity index (χ4v) is 1.93. The van der Waals surface area contributed by atoms with Gasteiger partial charge in [0.1, 0.15) is 17.5 Å². The topological polar surface area (TPSA) is 38.1 Å². The number of imidazole rings is 1. The summed E-state index contributed by atoms with van der Waals surface area (Å²) in [6, 6.07) is 3.39. The second-order valence-corrected chi connectivity index (χ2v) is 4.65. The van der Waals surface area contributed by atoms with Gasteiger partial charge in [-0.15, -0.1) is 0 Å². The van der Waals surface area contributed by atoms with Crippen LogP contribution in [-0.2, 0) is 13.6 Å². The molecule has 1 aromatic heterocycles. The molecule has 6 heteroatoms. The first-order valence-corrected chi connectivity index (χ1v) is 6.11. The highest BCUT2D eigenvalue weighted by Crippen LogP contribution is 2.13. The molecule has 1 heterocycles. The highest BCUT2D eigenvalue weighted by molar-refractivity contribution is 5.98. The molecule has 4 nitrogen and oxygen atoms in total. The minimum Gasteiger partial charge on any atom is -0.337 e. The van der Waals surface area contributed by atoms with Crippen molar-refractivity contribution in [3.05, 3.63) is 53.6 Å². The van der Waals surface area contributed by atoms with E-state index in [0.29, 0.717) is 6.54 Å². The maximum Gasteiger partial charge on any atom is 0.182 e. The Hall–Kier alpha value is -2.08. The monoisotopic (exact) mass is 279 g/mol. The number of Topliss-reactive ketones (excluding diaryl/α,β-unsaturated/α-hetero) is 1. The standard InChI is InChI=1S/C14H15F2N3O/c1-18(9-13-17-6-7-19(13)2)8-12(20)14-10(15)4-3-5-11(14)16/h3-7H,8-9H2,1-2H3. The molecule has 0 aliphatic carbocycles. The van der Waals surface area contributed by atoms with Gasteiger partial charge in [-0.25, -0.2) is 13.8 Å². The first kappa shape index (κ1) is 14.3. The van der Waals surface area contributed by atoms with Crippen LogP contribution in [0.2, 0.25) is 0 Å². The molecule has 2 rings (SSSR count). The molecule has 0 atom stereocenters. The van der Waals surface area contributed by atoms with Crippen LogP contribution in [0.1, 0.15) is 16.2 Å². The Morgan fingerprint density at radius 1 is 1.35 bits per heavy atom. The van der Waals surface area contributed by atoms with Crippen LogP contribution in [0.5, 0.6) is 0 Å². The van der Waals surface area contributed by atoms with Gasteiger partial charge in [0.25, 0.3) is 0 Å². The Bertz CT molecular complexity index is 604. The van der Waals surface area contributed by atoms with Gasteiger partial charge in [-0.05, 0) is 19.2 Å². The van der Waals surface area contributed by atoms with Gasteiger partial charge >= 0.3 is 0 Å². The van der Waals surface area contributed by atoms with Gasteiger partial charge in [0.15, 0.2) is 5.78 Å². The van der Waals surface area contributed by atoms with E-state index in [1.54, 1.807) is 24.3 Å². The molecule has 0 N–H and O–H groups in total. The number of hydrogen-bond donors (Lipinski definition) is 0. The van der Waals surface area contributed by atoms with Crippen LogP contribution in [0.15, 0.2) is 30.6 Å². The van der Waals surface area contributed by atoms with Gasteiger partial charge in [0, 0.05) is 19.4 Å². The van der Waals surface area contributed by atoms with Crippen LogP contribution in [0, 0.1) is 11.6 Å². The average molecular weight is 279 g/mol. The van der Waals surface area contributed by atoms with E-state index in [1.807, 2.05) is 11.6 Å². The zero-order chi connectivity index (χ0) is 14.7.